The first-order chi connectivity index (χ1) is 34.3. The summed E-state index contributed by atoms with van der Waals surface area (Å²) in [7, 11) is 0. The Morgan fingerprint density at radius 3 is 1.52 bits per heavy atom. The van der Waals surface area contributed by atoms with Gasteiger partial charge in [0.1, 0.15) is 0 Å². The SMILES string of the molecule is Cc1cc(C)c(B(c2ccc3sc4ccc(-c5ccc(C67CC8CC(C6)CC(c6cc9c%10c(c6)C(C)c6cccc%11c6B%10c6c-%11cccc6C9C)(C8)C7)cc5)cc4c3c2)c2c(C)cc(C)cc2C)c(C)c1. The van der Waals surface area contributed by atoms with Gasteiger partial charge in [0.15, 0.2) is 0 Å². The van der Waals surface area contributed by atoms with Gasteiger partial charge in [-0.3, -0.25) is 0 Å². The van der Waals surface area contributed by atoms with E-state index in [-0.39, 0.29) is 17.5 Å². The Morgan fingerprint density at radius 1 is 0.479 bits per heavy atom. The monoisotopic (exact) mass is 932 g/mol. The minimum Gasteiger partial charge on any atom is -0.135 e. The second-order valence-electron chi connectivity index (χ2n) is 24.3. The lowest BCUT2D eigenvalue weighted by Crippen LogP contribution is -2.60. The molecule has 0 amide bonds. The molecule has 3 aliphatic heterocycles. The van der Waals surface area contributed by atoms with Gasteiger partial charge in [0.25, 0.3) is 0 Å². The standard InChI is InChI=1S/C68H62B2S/c1-37-23-39(3)62(40(4)24-37)69(63-41(5)25-38(2)26-42(63)6)51-20-22-61-59(31-51)58-28-48(17-21-60(58)71-61)47-15-18-49(19-16-47)67-32-45-27-46(33-67)35-68(34-45,36-67)50-29-56-43(7)52-11-9-13-54-55-14-10-12-53-44(8)57(30-50)66(56)70(64(52)54)65(53)55/h9-26,28-31,43-46H,27,32-36H2,1-8H3. The van der Waals surface area contributed by atoms with Crippen molar-refractivity contribution < 1.29 is 0 Å². The summed E-state index contributed by atoms with van der Waals surface area (Å²) in [5.41, 5.74) is 33.1. The molecule has 71 heavy (non-hydrogen) atoms. The predicted molar refractivity (Wildman–Crippen MR) is 307 cm³/mol. The van der Waals surface area contributed by atoms with Crippen LogP contribution in [-0.2, 0) is 10.8 Å². The van der Waals surface area contributed by atoms with Crippen molar-refractivity contribution in [2.75, 3.05) is 0 Å². The van der Waals surface area contributed by atoms with Gasteiger partial charge in [-0.15, -0.1) is 11.3 Å². The lowest BCUT2D eigenvalue weighted by Gasteiger charge is -2.63. The molecule has 16 rings (SSSR count). The van der Waals surface area contributed by atoms with Gasteiger partial charge in [0, 0.05) is 26.6 Å². The molecule has 4 bridgehead atoms. The van der Waals surface area contributed by atoms with E-state index >= 15 is 0 Å². The predicted octanol–water partition coefficient (Wildman–Crippen LogP) is 13.3. The van der Waals surface area contributed by atoms with Crippen LogP contribution in [0.4, 0.5) is 0 Å². The Morgan fingerprint density at radius 2 is 0.972 bits per heavy atom. The Labute approximate surface area is 426 Å². The van der Waals surface area contributed by atoms with E-state index in [1.807, 2.05) is 11.3 Å². The molecule has 0 saturated heterocycles. The number of aryl methyl sites for hydroxylation is 6. The molecular weight excluding hydrogens is 870 g/mol. The number of thiophene rings is 1. The van der Waals surface area contributed by atoms with Gasteiger partial charge in [0.05, 0.1) is 0 Å². The Kier molecular flexibility index (Phi) is 8.95. The molecule has 9 aromatic rings. The van der Waals surface area contributed by atoms with E-state index in [2.05, 4.69) is 189 Å². The molecule has 3 heteroatoms. The van der Waals surface area contributed by atoms with Gasteiger partial charge >= 0.3 is 0 Å². The van der Waals surface area contributed by atoms with Crippen molar-refractivity contribution in [3.8, 4) is 22.3 Å². The van der Waals surface area contributed by atoms with Crippen molar-refractivity contribution in [1.29, 1.82) is 0 Å². The van der Waals surface area contributed by atoms with Gasteiger partial charge in [-0.1, -0.05) is 195 Å². The van der Waals surface area contributed by atoms with Crippen LogP contribution in [0.2, 0.25) is 0 Å². The third-order valence-electron chi connectivity index (χ3n) is 19.9. The molecule has 4 aliphatic carbocycles. The second kappa shape index (κ2) is 14.9. The fourth-order valence-corrected chi connectivity index (χ4v) is 18.8. The molecule has 346 valence electrons. The maximum atomic E-state index is 2.78. The zero-order valence-electron chi connectivity index (χ0n) is 42.8. The molecule has 4 saturated carbocycles. The summed E-state index contributed by atoms with van der Waals surface area (Å²) in [6.45, 7) is 19.3. The molecule has 0 nitrogen and oxygen atoms in total. The van der Waals surface area contributed by atoms with Crippen LogP contribution in [0.15, 0.2) is 133 Å². The summed E-state index contributed by atoms with van der Waals surface area (Å²) >= 11 is 1.94. The summed E-state index contributed by atoms with van der Waals surface area (Å²) < 4.78 is 2.73. The molecule has 0 N–H and O–H groups in total. The fraction of sp³-hybridized carbons (Fsp3) is 0.294. The molecule has 0 spiro atoms. The van der Waals surface area contributed by atoms with E-state index in [9.17, 15) is 0 Å². The van der Waals surface area contributed by atoms with Crippen molar-refractivity contribution in [3.05, 3.63) is 200 Å². The van der Waals surface area contributed by atoms with Gasteiger partial charge in [-0.2, -0.15) is 0 Å². The summed E-state index contributed by atoms with van der Waals surface area (Å²) in [6, 6.07) is 54.2. The molecular formula is C68H62B2S. The topological polar surface area (TPSA) is 0 Å². The fourth-order valence-electron chi connectivity index (χ4n) is 17.7. The summed E-state index contributed by atoms with van der Waals surface area (Å²) in [4.78, 5) is 0. The highest BCUT2D eigenvalue weighted by Crippen LogP contribution is 2.66. The molecule has 4 fully saturated rings. The molecule has 4 unspecified atom stereocenters. The average Bonchev–Trinajstić information content (AvgIpc) is 3.89. The number of hydrogen-bond donors (Lipinski definition) is 0. The lowest BCUT2D eigenvalue weighted by molar-refractivity contribution is -0.0281. The second-order valence-corrected chi connectivity index (χ2v) is 25.4. The van der Waals surface area contributed by atoms with Crippen LogP contribution in [-0.4, -0.2) is 13.4 Å². The van der Waals surface area contributed by atoms with Crippen molar-refractivity contribution >= 4 is 77.7 Å². The highest BCUT2D eigenvalue weighted by Gasteiger charge is 2.59. The van der Waals surface area contributed by atoms with E-state index in [1.165, 1.54) is 131 Å². The number of fused-ring (bicyclic) bond motifs is 4. The minimum absolute atomic E-state index is 0.159. The molecule has 8 aromatic carbocycles. The third kappa shape index (κ3) is 5.94. The maximum Gasteiger partial charge on any atom is 0.244 e. The molecule has 7 aliphatic rings. The van der Waals surface area contributed by atoms with E-state index < -0.39 is 0 Å². The van der Waals surface area contributed by atoms with E-state index in [1.54, 1.807) is 49.8 Å². The zero-order valence-corrected chi connectivity index (χ0v) is 43.6. The van der Waals surface area contributed by atoms with Crippen LogP contribution >= 0.6 is 11.3 Å². The Bertz CT molecular complexity index is 3610. The van der Waals surface area contributed by atoms with Crippen LogP contribution < -0.4 is 32.8 Å². The van der Waals surface area contributed by atoms with Gasteiger partial charge in [-0.05, 0) is 182 Å². The van der Waals surface area contributed by atoms with Gasteiger partial charge < -0.3 is 0 Å². The van der Waals surface area contributed by atoms with Crippen molar-refractivity contribution in [1.82, 2.24) is 0 Å². The highest BCUT2D eigenvalue weighted by atomic mass is 32.1. The lowest BCUT2D eigenvalue weighted by atomic mass is 9.31. The molecule has 1 aromatic heterocycles. The number of rotatable bonds is 6. The van der Waals surface area contributed by atoms with Gasteiger partial charge in [0.2, 0.25) is 13.4 Å². The molecule has 0 radical (unpaired) electrons. The summed E-state index contributed by atoms with van der Waals surface area (Å²) in [5.74, 6) is 2.43. The first-order valence-electron chi connectivity index (χ1n) is 27.0. The Balaban J connectivity index is 0.791. The van der Waals surface area contributed by atoms with Crippen LogP contribution in [0.3, 0.4) is 0 Å². The number of benzene rings is 8. The summed E-state index contributed by atoms with van der Waals surface area (Å²) in [6.07, 6.45) is 8.14. The van der Waals surface area contributed by atoms with E-state index in [4.69, 9.17) is 0 Å². The molecule has 4 atom stereocenters. The van der Waals surface area contributed by atoms with E-state index in [0.29, 0.717) is 18.5 Å². The highest BCUT2D eigenvalue weighted by molar-refractivity contribution is 7.25. The Hall–Kier alpha value is -5.89. The zero-order chi connectivity index (χ0) is 48.0. The van der Waals surface area contributed by atoms with Crippen molar-refractivity contribution in [2.45, 2.75) is 117 Å². The van der Waals surface area contributed by atoms with Crippen molar-refractivity contribution in [2.24, 2.45) is 11.8 Å². The average molecular weight is 933 g/mol. The van der Waals surface area contributed by atoms with Crippen molar-refractivity contribution in [3.63, 3.8) is 0 Å². The smallest absolute Gasteiger partial charge is 0.135 e. The van der Waals surface area contributed by atoms with E-state index in [0.717, 1.165) is 11.8 Å². The molecule has 4 heterocycles. The van der Waals surface area contributed by atoms with Crippen LogP contribution in [0, 0.1) is 53.4 Å². The van der Waals surface area contributed by atoms with Crippen LogP contribution in [0.25, 0.3) is 42.4 Å². The minimum atomic E-state index is 0.159. The van der Waals surface area contributed by atoms with Gasteiger partial charge in [-0.25, -0.2) is 0 Å². The summed E-state index contributed by atoms with van der Waals surface area (Å²) in [5, 5.41) is 2.75. The first-order valence-corrected chi connectivity index (χ1v) is 27.8. The third-order valence-corrected chi connectivity index (χ3v) is 21.1. The normalized spacial score (nSPS) is 23.8. The largest absolute Gasteiger partial charge is 0.244 e. The van der Waals surface area contributed by atoms with Crippen LogP contribution in [0.5, 0.6) is 0 Å². The number of hydrogen-bond acceptors (Lipinski definition) is 1. The quantitative estimate of drug-likeness (QED) is 0.146. The first kappa shape index (κ1) is 42.8. The van der Waals surface area contributed by atoms with Crippen LogP contribution in [0.1, 0.15) is 131 Å². The maximum absolute atomic E-state index is 2.78.